The highest BCUT2D eigenvalue weighted by molar-refractivity contribution is 7.21. The van der Waals surface area contributed by atoms with Gasteiger partial charge in [0.25, 0.3) is 5.91 Å². The smallest absolute Gasteiger partial charge is 0.418 e. The van der Waals surface area contributed by atoms with Crippen LogP contribution in [0.5, 0.6) is 0 Å². The van der Waals surface area contributed by atoms with Crippen molar-refractivity contribution < 1.29 is 37.0 Å². The Morgan fingerprint density at radius 1 is 0.958 bits per heavy atom. The molecule has 12 heteroatoms. The first-order chi connectivity index (χ1) is 22.5. The van der Waals surface area contributed by atoms with Gasteiger partial charge < -0.3 is 19.6 Å². The molecule has 1 atom stereocenters. The number of fused-ring (bicyclic) bond motifs is 1. The maximum absolute atomic E-state index is 15.4. The first kappa shape index (κ1) is 35.6. The molecule has 0 spiro atoms. The zero-order chi connectivity index (χ0) is 35.0. The van der Waals surface area contributed by atoms with Gasteiger partial charge in [-0.2, -0.15) is 13.2 Å². The molecule has 1 unspecified atom stereocenters. The summed E-state index contributed by atoms with van der Waals surface area (Å²) in [6.07, 6.45) is -5.54. The van der Waals surface area contributed by atoms with Gasteiger partial charge >= 0.3 is 12.3 Å². The molecule has 1 N–H and O–H groups in total. The molecule has 1 heterocycles. The van der Waals surface area contributed by atoms with Crippen molar-refractivity contribution in [1.82, 2.24) is 9.80 Å². The van der Waals surface area contributed by atoms with Crippen molar-refractivity contribution in [2.45, 2.75) is 83.0 Å². The van der Waals surface area contributed by atoms with Gasteiger partial charge in [-0.15, -0.1) is 11.3 Å². The number of alkyl halides is 3. The zero-order valence-electron chi connectivity index (χ0n) is 27.0. The number of hydrogen-bond acceptors (Lipinski definition) is 5. The fourth-order valence-corrected chi connectivity index (χ4v) is 7.46. The van der Waals surface area contributed by atoms with Gasteiger partial charge in [-0.05, 0) is 81.3 Å². The quantitative estimate of drug-likeness (QED) is 0.195. The van der Waals surface area contributed by atoms with Crippen molar-refractivity contribution in [3.8, 4) is 11.1 Å². The molecule has 1 aromatic heterocycles. The van der Waals surface area contributed by atoms with E-state index in [9.17, 15) is 27.9 Å². The molecule has 0 bridgehead atoms. The van der Waals surface area contributed by atoms with Gasteiger partial charge in [0, 0.05) is 41.3 Å². The van der Waals surface area contributed by atoms with Crippen LogP contribution < -0.4 is 0 Å². The molecule has 1 saturated carbocycles. The van der Waals surface area contributed by atoms with Crippen LogP contribution in [-0.4, -0.2) is 57.8 Å². The van der Waals surface area contributed by atoms with Gasteiger partial charge in [-0.25, -0.2) is 9.18 Å². The van der Waals surface area contributed by atoms with E-state index in [1.807, 2.05) is 24.3 Å². The van der Waals surface area contributed by atoms with E-state index in [2.05, 4.69) is 0 Å². The van der Waals surface area contributed by atoms with E-state index in [-0.39, 0.29) is 35.7 Å². The van der Waals surface area contributed by atoms with Crippen molar-refractivity contribution >= 4 is 45.0 Å². The Morgan fingerprint density at radius 2 is 1.56 bits per heavy atom. The molecule has 48 heavy (non-hydrogen) atoms. The second kappa shape index (κ2) is 14.1. The molecular formula is C36H37ClF4N2O4S. The van der Waals surface area contributed by atoms with E-state index in [1.165, 1.54) is 47.7 Å². The molecule has 3 aromatic carbocycles. The maximum Gasteiger partial charge on any atom is 0.418 e. The van der Waals surface area contributed by atoms with Crippen molar-refractivity contribution in [2.24, 2.45) is 0 Å². The maximum atomic E-state index is 15.4. The summed E-state index contributed by atoms with van der Waals surface area (Å²) in [5, 5.41) is 10.7. The number of carbonyl (C=O) groups is 2. The molecule has 1 aliphatic carbocycles. The van der Waals surface area contributed by atoms with Crippen LogP contribution in [0.25, 0.3) is 21.2 Å². The number of thiophene rings is 1. The second-order valence-corrected chi connectivity index (χ2v) is 14.5. The number of nitrogens with zero attached hydrogens (tertiary/aromatic N) is 2. The first-order valence-corrected chi connectivity index (χ1v) is 16.8. The van der Waals surface area contributed by atoms with Crippen molar-refractivity contribution in [1.29, 1.82) is 0 Å². The zero-order valence-corrected chi connectivity index (χ0v) is 28.6. The highest BCUT2D eigenvalue weighted by Crippen LogP contribution is 2.39. The van der Waals surface area contributed by atoms with Crippen LogP contribution in [0.1, 0.15) is 73.4 Å². The van der Waals surface area contributed by atoms with Gasteiger partial charge in [-0.1, -0.05) is 60.1 Å². The van der Waals surface area contributed by atoms with Gasteiger partial charge in [-0.3, -0.25) is 4.79 Å². The molecule has 1 fully saturated rings. The summed E-state index contributed by atoms with van der Waals surface area (Å²) in [6.45, 7) is 5.34. The highest BCUT2D eigenvalue weighted by Gasteiger charge is 2.39. The Hall–Kier alpha value is -3.67. The van der Waals surface area contributed by atoms with Crippen LogP contribution in [0.2, 0.25) is 5.02 Å². The van der Waals surface area contributed by atoms with Crippen LogP contribution in [0.3, 0.4) is 0 Å². The molecular weight excluding hydrogens is 668 g/mol. The van der Waals surface area contributed by atoms with E-state index < -0.39 is 29.8 Å². The largest absolute Gasteiger partial charge is 0.444 e. The lowest BCUT2D eigenvalue weighted by molar-refractivity contribution is -0.206. The number of ether oxygens (including phenoxy) is 1. The standard InChI is InChI=1S/C36H37ClF4N2O4S/c1-35(2,3)47-34(46)42(4)25-14-16-26(17-15-25)43(33(45)31-30(37)27-7-5-6-8-29(27)48-31)20-24-19-23(13-18-28(24)38)21-9-11-22(12-10-21)32(44)36(39,40)41/h5-13,18-19,25-26,32,44H,14-17,20H2,1-4H3/t25-,26-,32?. The highest BCUT2D eigenvalue weighted by atomic mass is 35.5. The van der Waals surface area contributed by atoms with E-state index >= 15 is 4.39 Å². The molecule has 6 nitrogen and oxygen atoms in total. The summed E-state index contributed by atoms with van der Waals surface area (Å²) < 4.78 is 60.8. The monoisotopic (exact) mass is 704 g/mol. The molecule has 0 saturated heterocycles. The van der Waals surface area contributed by atoms with Gasteiger partial charge in [0.2, 0.25) is 0 Å². The van der Waals surface area contributed by atoms with Crippen LogP contribution in [0.15, 0.2) is 66.7 Å². The van der Waals surface area contributed by atoms with Crippen LogP contribution in [0, 0.1) is 5.82 Å². The summed E-state index contributed by atoms with van der Waals surface area (Å²) in [7, 11) is 1.70. The second-order valence-electron chi connectivity index (χ2n) is 13.1. The lowest BCUT2D eigenvalue weighted by atomic mass is 9.89. The number of rotatable bonds is 7. The average Bonchev–Trinajstić information content (AvgIpc) is 3.38. The summed E-state index contributed by atoms with van der Waals surface area (Å²) in [5.41, 5.74) is 0.337. The Morgan fingerprint density at radius 3 is 2.17 bits per heavy atom. The SMILES string of the molecule is CN(C(=O)OC(C)(C)C)[C@H]1CC[C@H](N(Cc2cc(-c3ccc(C(O)C(F)(F)F)cc3)ccc2F)C(=O)c2sc3ccccc3c2Cl)CC1. The summed E-state index contributed by atoms with van der Waals surface area (Å²) in [5.74, 6) is -0.873. The normalized spacial score (nSPS) is 17.6. The van der Waals surface area contributed by atoms with Gasteiger partial charge in [0.05, 0.1) is 5.02 Å². The first-order valence-electron chi connectivity index (χ1n) is 15.6. The predicted octanol–water partition coefficient (Wildman–Crippen LogP) is 9.78. The van der Waals surface area contributed by atoms with E-state index in [0.29, 0.717) is 46.7 Å². The van der Waals surface area contributed by atoms with Crippen LogP contribution in [-0.2, 0) is 11.3 Å². The number of benzene rings is 3. The molecule has 256 valence electrons. The number of hydrogen-bond donors (Lipinski definition) is 1. The van der Waals surface area contributed by atoms with Crippen LogP contribution >= 0.6 is 22.9 Å². The van der Waals surface area contributed by atoms with E-state index in [4.69, 9.17) is 16.3 Å². The number of aliphatic hydroxyl groups excluding tert-OH is 1. The van der Waals surface area contributed by atoms with Crippen molar-refractivity contribution in [3.63, 3.8) is 0 Å². The number of amides is 2. The molecule has 1 aliphatic rings. The Kier molecular flexibility index (Phi) is 10.4. The third kappa shape index (κ3) is 7.96. The molecule has 5 rings (SSSR count). The molecule has 4 aromatic rings. The van der Waals surface area contributed by atoms with Crippen molar-refractivity contribution in [3.05, 3.63) is 93.6 Å². The molecule has 0 radical (unpaired) electrons. The summed E-state index contributed by atoms with van der Waals surface area (Å²) in [6, 6.07) is 16.6. The van der Waals surface area contributed by atoms with Gasteiger partial charge in [0.1, 0.15) is 16.3 Å². The third-order valence-corrected chi connectivity index (χ3v) is 10.2. The summed E-state index contributed by atoms with van der Waals surface area (Å²) >= 11 is 8.00. The number of carbonyl (C=O) groups excluding carboxylic acids is 2. The van der Waals surface area contributed by atoms with Gasteiger partial charge in [0.15, 0.2) is 6.10 Å². The Labute approximate surface area is 285 Å². The molecule has 0 aliphatic heterocycles. The lowest BCUT2D eigenvalue weighted by Gasteiger charge is -2.40. The minimum Gasteiger partial charge on any atom is -0.444 e. The number of aliphatic hydroxyl groups is 1. The fourth-order valence-electron chi connectivity index (χ4n) is 5.99. The van der Waals surface area contributed by atoms with E-state index in [0.717, 1.165) is 10.1 Å². The predicted molar refractivity (Wildman–Crippen MR) is 180 cm³/mol. The average molecular weight is 705 g/mol. The summed E-state index contributed by atoms with van der Waals surface area (Å²) in [4.78, 5) is 30.6. The molecule has 2 amide bonds. The minimum absolute atomic E-state index is 0.0782. The van der Waals surface area contributed by atoms with Crippen molar-refractivity contribution in [2.75, 3.05) is 7.05 Å². The third-order valence-electron chi connectivity index (χ3n) is 8.58. The van der Waals surface area contributed by atoms with Crippen LogP contribution in [0.4, 0.5) is 22.4 Å². The van der Waals surface area contributed by atoms with E-state index in [1.54, 1.807) is 43.7 Å². The minimum atomic E-state index is -4.80. The Bertz CT molecular complexity index is 1780. The lowest BCUT2D eigenvalue weighted by Crippen LogP contribution is -2.47. The number of halogens is 5. The topological polar surface area (TPSA) is 70.1 Å². The fraction of sp³-hybridized carbons (Fsp3) is 0.389. The Balaban J connectivity index is 1.43.